The van der Waals surface area contributed by atoms with Crippen LogP contribution in [0, 0.1) is 0 Å². The van der Waals surface area contributed by atoms with Crippen LogP contribution in [0.1, 0.15) is 6.92 Å². The van der Waals surface area contributed by atoms with Gasteiger partial charge in [-0.3, -0.25) is 4.79 Å². The molecule has 1 aliphatic rings. The molecule has 1 N–H and O–H groups in total. The Morgan fingerprint density at radius 1 is 1.33 bits per heavy atom. The predicted octanol–water partition coefficient (Wildman–Crippen LogP) is -0.837. The predicted molar refractivity (Wildman–Crippen MR) is 42.7 cm³/mol. The van der Waals surface area contributed by atoms with E-state index in [2.05, 4.69) is 10.6 Å². The molecule has 1 saturated heterocycles. The third-order valence-electron chi connectivity index (χ3n) is 1.64. The minimum Gasteiger partial charge on any atom is -0.320 e. The molecule has 0 bridgehead atoms. The molecule has 1 rings (SSSR count). The number of hydrogen-bond donors (Lipinski definition) is 1. The van der Waals surface area contributed by atoms with Gasteiger partial charge < -0.3 is 10.2 Å². The summed E-state index contributed by atoms with van der Waals surface area (Å²) in [5, 5.41) is 6.42. The number of carbonyl (C=O) groups excluding carboxylic acids is 2. The van der Waals surface area contributed by atoms with Gasteiger partial charge in [-0.15, -0.1) is 0 Å². The molecule has 5 heteroatoms. The van der Waals surface area contributed by atoms with E-state index in [-0.39, 0.29) is 0 Å². The molecule has 1 aliphatic heterocycles. The largest absolute Gasteiger partial charge is 0.346 e. The molecule has 12 heavy (non-hydrogen) atoms. The Labute approximate surface area is 71.1 Å². The summed E-state index contributed by atoms with van der Waals surface area (Å²) in [6.07, 6.45) is 0. The van der Waals surface area contributed by atoms with Crippen molar-refractivity contribution in [3.05, 3.63) is 0 Å². The zero-order valence-corrected chi connectivity index (χ0v) is 7.04. The Kier molecular flexibility index (Phi) is 3.04. The van der Waals surface area contributed by atoms with Crippen LogP contribution in [-0.4, -0.2) is 43.0 Å². The van der Waals surface area contributed by atoms with E-state index in [1.165, 1.54) is 6.92 Å². The molecular formula is C7H12N3O2. The van der Waals surface area contributed by atoms with Crippen molar-refractivity contribution in [3.8, 4) is 0 Å². The summed E-state index contributed by atoms with van der Waals surface area (Å²) in [6.45, 7) is 4.10. The van der Waals surface area contributed by atoms with Crippen LogP contribution in [-0.2, 0) is 4.79 Å². The number of rotatable bonds is 0. The van der Waals surface area contributed by atoms with E-state index >= 15 is 0 Å². The molecule has 5 nitrogen and oxygen atoms in total. The third-order valence-corrected chi connectivity index (χ3v) is 1.64. The average Bonchev–Trinajstić information content (AvgIpc) is 2.05. The van der Waals surface area contributed by atoms with Gasteiger partial charge in [-0.25, -0.2) is 4.79 Å². The lowest BCUT2D eigenvalue weighted by molar-refractivity contribution is -0.118. The van der Waals surface area contributed by atoms with Crippen LogP contribution in [0.4, 0.5) is 4.79 Å². The zero-order valence-electron chi connectivity index (χ0n) is 7.04. The van der Waals surface area contributed by atoms with Gasteiger partial charge in [0.2, 0.25) is 5.91 Å². The first-order chi connectivity index (χ1) is 5.70. The molecule has 0 aromatic carbocycles. The zero-order chi connectivity index (χ0) is 8.97. The molecule has 3 amide bonds. The van der Waals surface area contributed by atoms with Crippen LogP contribution in [0.5, 0.6) is 0 Å². The Balaban J connectivity index is 2.34. The van der Waals surface area contributed by atoms with E-state index in [4.69, 9.17) is 0 Å². The van der Waals surface area contributed by atoms with E-state index in [0.29, 0.717) is 13.1 Å². The first-order valence-electron chi connectivity index (χ1n) is 3.92. The number of urea groups is 1. The number of nitrogens with zero attached hydrogens (tertiary/aromatic N) is 2. The fraction of sp³-hybridized carbons (Fsp3) is 0.714. The van der Waals surface area contributed by atoms with Crippen molar-refractivity contribution in [2.24, 2.45) is 0 Å². The molecule has 0 aliphatic carbocycles. The normalized spacial score (nSPS) is 17.2. The van der Waals surface area contributed by atoms with Gasteiger partial charge in [-0.1, -0.05) is 0 Å². The molecule has 67 valence electrons. The lowest BCUT2D eigenvalue weighted by Crippen LogP contribution is -2.49. The lowest BCUT2D eigenvalue weighted by atomic mass is 10.4. The topological polar surface area (TPSA) is 63.5 Å². The van der Waals surface area contributed by atoms with Gasteiger partial charge in [-0.05, 0) is 0 Å². The fourth-order valence-electron chi connectivity index (χ4n) is 1.06. The highest BCUT2D eigenvalue weighted by Gasteiger charge is 2.17. The molecule has 0 unspecified atom stereocenters. The molecular weight excluding hydrogens is 158 g/mol. The summed E-state index contributed by atoms with van der Waals surface area (Å²) in [7, 11) is 0. The molecule has 1 fully saturated rings. The molecule has 0 aromatic rings. The fourth-order valence-corrected chi connectivity index (χ4v) is 1.06. The second-order valence-corrected chi connectivity index (χ2v) is 2.65. The van der Waals surface area contributed by atoms with Crippen molar-refractivity contribution in [1.82, 2.24) is 15.5 Å². The highest BCUT2D eigenvalue weighted by Crippen LogP contribution is 1.93. The van der Waals surface area contributed by atoms with Crippen LogP contribution in [0.15, 0.2) is 0 Å². The van der Waals surface area contributed by atoms with Gasteiger partial charge in [0.25, 0.3) is 0 Å². The molecule has 0 aromatic heterocycles. The van der Waals surface area contributed by atoms with Crippen LogP contribution >= 0.6 is 0 Å². The number of imide groups is 1. The Morgan fingerprint density at radius 3 is 2.42 bits per heavy atom. The van der Waals surface area contributed by atoms with E-state index < -0.39 is 11.9 Å². The standard InChI is InChI=1S/C7H12N3O2/c1-6(11)9-7(12)10-4-2-8-3-5-10/h8H,2-5H2,1H3. The van der Waals surface area contributed by atoms with Gasteiger partial charge in [0.1, 0.15) is 0 Å². The van der Waals surface area contributed by atoms with Gasteiger partial charge in [0.05, 0.1) is 0 Å². The maximum Gasteiger partial charge on any atom is 0.346 e. The summed E-state index contributed by atoms with van der Waals surface area (Å²) >= 11 is 0. The highest BCUT2D eigenvalue weighted by molar-refractivity contribution is 5.92. The van der Waals surface area contributed by atoms with Gasteiger partial charge in [-0.2, -0.15) is 5.32 Å². The second kappa shape index (κ2) is 4.06. The first-order valence-corrected chi connectivity index (χ1v) is 3.92. The van der Waals surface area contributed by atoms with Crippen LogP contribution in [0.2, 0.25) is 0 Å². The minimum absolute atomic E-state index is 0.413. The second-order valence-electron chi connectivity index (χ2n) is 2.65. The molecule has 1 radical (unpaired) electrons. The minimum atomic E-state index is -0.432. The van der Waals surface area contributed by atoms with Crippen LogP contribution in [0.3, 0.4) is 0 Å². The van der Waals surface area contributed by atoms with Crippen LogP contribution < -0.4 is 10.6 Å². The average molecular weight is 170 g/mol. The summed E-state index contributed by atoms with van der Waals surface area (Å²) in [5.74, 6) is -0.432. The van der Waals surface area contributed by atoms with E-state index in [1.807, 2.05) is 0 Å². The maximum absolute atomic E-state index is 11.1. The number of carbonyl (C=O) groups is 2. The maximum atomic E-state index is 11.1. The number of piperazine rings is 1. The number of nitrogens with one attached hydrogen (secondary N) is 1. The van der Waals surface area contributed by atoms with Crippen molar-refractivity contribution in [2.45, 2.75) is 6.92 Å². The summed E-state index contributed by atoms with van der Waals surface area (Å²) in [6, 6.07) is -0.413. The first kappa shape index (κ1) is 8.99. The van der Waals surface area contributed by atoms with Crippen molar-refractivity contribution in [1.29, 1.82) is 0 Å². The lowest BCUT2D eigenvalue weighted by Gasteiger charge is -2.25. The van der Waals surface area contributed by atoms with Gasteiger partial charge in [0.15, 0.2) is 0 Å². The number of amides is 3. The summed E-state index contributed by atoms with van der Waals surface area (Å²) in [4.78, 5) is 23.2. The SMILES string of the molecule is CC(=O)[N]C(=O)N1CCNCC1. The molecule has 0 saturated carbocycles. The molecule has 0 spiro atoms. The molecule has 0 atom stereocenters. The molecule has 1 heterocycles. The highest BCUT2D eigenvalue weighted by atomic mass is 16.2. The van der Waals surface area contributed by atoms with Gasteiger partial charge >= 0.3 is 6.03 Å². The summed E-state index contributed by atoms with van der Waals surface area (Å²) < 4.78 is 0. The van der Waals surface area contributed by atoms with Gasteiger partial charge in [0, 0.05) is 33.1 Å². The smallest absolute Gasteiger partial charge is 0.320 e. The van der Waals surface area contributed by atoms with E-state index in [9.17, 15) is 9.59 Å². The monoisotopic (exact) mass is 170 g/mol. The summed E-state index contributed by atoms with van der Waals surface area (Å²) in [5.41, 5.74) is 0. The quantitative estimate of drug-likeness (QED) is 0.515. The third kappa shape index (κ3) is 2.50. The van der Waals surface area contributed by atoms with Crippen LogP contribution in [0.25, 0.3) is 0 Å². The van der Waals surface area contributed by atoms with Crippen molar-refractivity contribution in [2.75, 3.05) is 26.2 Å². The van der Waals surface area contributed by atoms with Crippen molar-refractivity contribution in [3.63, 3.8) is 0 Å². The number of hydrogen-bond acceptors (Lipinski definition) is 3. The van der Waals surface area contributed by atoms with Crippen molar-refractivity contribution >= 4 is 11.9 Å². The van der Waals surface area contributed by atoms with Crippen molar-refractivity contribution < 1.29 is 9.59 Å². The van der Waals surface area contributed by atoms with E-state index in [0.717, 1.165) is 13.1 Å². The Morgan fingerprint density at radius 2 is 1.92 bits per heavy atom. The van der Waals surface area contributed by atoms with E-state index in [1.54, 1.807) is 4.90 Å². The Bertz CT molecular complexity index is 187. The Hall–Kier alpha value is -1.10.